The van der Waals surface area contributed by atoms with E-state index in [1.165, 1.54) is 23.8 Å². The number of esters is 1. The molecule has 0 bridgehead atoms. The van der Waals surface area contributed by atoms with Gasteiger partial charge in [0, 0.05) is 17.7 Å². The van der Waals surface area contributed by atoms with Crippen LogP contribution in [0.2, 0.25) is 0 Å². The monoisotopic (exact) mass is 479 g/mol. The van der Waals surface area contributed by atoms with Crippen molar-refractivity contribution in [3.8, 4) is 5.75 Å². The van der Waals surface area contributed by atoms with Gasteiger partial charge in [0.15, 0.2) is 4.80 Å². The first-order valence-corrected chi connectivity index (χ1v) is 11.2. The Hall–Kier alpha value is -4.05. The van der Waals surface area contributed by atoms with E-state index in [-0.39, 0.29) is 23.4 Å². The van der Waals surface area contributed by atoms with Gasteiger partial charge in [-0.15, -0.1) is 0 Å². The maximum absolute atomic E-state index is 13.6. The van der Waals surface area contributed by atoms with Crippen LogP contribution in [0.5, 0.6) is 5.75 Å². The van der Waals surface area contributed by atoms with E-state index in [1.54, 1.807) is 56.3 Å². The summed E-state index contributed by atoms with van der Waals surface area (Å²) in [5.41, 5.74) is 1.37. The Bertz CT molecular complexity index is 1500. The molecular weight excluding hydrogens is 458 g/mol. The fourth-order valence-corrected chi connectivity index (χ4v) is 4.90. The minimum atomic E-state index is -0.807. The first kappa shape index (κ1) is 23.1. The topological polar surface area (TPSA) is 113 Å². The molecule has 0 saturated heterocycles. The number of rotatable bonds is 6. The van der Waals surface area contributed by atoms with Crippen molar-refractivity contribution in [2.45, 2.75) is 19.9 Å². The first-order valence-electron chi connectivity index (χ1n) is 10.4. The molecular formula is C24H21N3O6S. The van der Waals surface area contributed by atoms with E-state index in [1.807, 2.05) is 0 Å². The van der Waals surface area contributed by atoms with Gasteiger partial charge in [0.2, 0.25) is 0 Å². The smallest absolute Gasteiger partial charge is 0.338 e. The summed E-state index contributed by atoms with van der Waals surface area (Å²) in [4.78, 5) is 42.1. The summed E-state index contributed by atoms with van der Waals surface area (Å²) in [6.07, 6.45) is 1.58. The largest absolute Gasteiger partial charge is 0.496 e. The Morgan fingerprint density at radius 3 is 2.74 bits per heavy atom. The van der Waals surface area contributed by atoms with Gasteiger partial charge in [-0.3, -0.25) is 19.5 Å². The number of carbonyl (C=O) groups excluding carboxylic acids is 1. The molecule has 34 heavy (non-hydrogen) atoms. The van der Waals surface area contributed by atoms with Crippen LogP contribution >= 0.6 is 11.3 Å². The van der Waals surface area contributed by atoms with E-state index in [0.717, 1.165) is 11.3 Å². The molecule has 1 aliphatic rings. The van der Waals surface area contributed by atoms with Crippen molar-refractivity contribution < 1.29 is 19.2 Å². The maximum Gasteiger partial charge on any atom is 0.338 e. The first-order chi connectivity index (χ1) is 16.3. The summed E-state index contributed by atoms with van der Waals surface area (Å²) in [7, 11) is 1.52. The molecule has 0 unspecified atom stereocenters. The minimum absolute atomic E-state index is 0.0751. The Balaban J connectivity index is 1.98. The van der Waals surface area contributed by atoms with Crippen molar-refractivity contribution in [2.75, 3.05) is 13.7 Å². The summed E-state index contributed by atoms with van der Waals surface area (Å²) in [5.74, 6) is -0.0510. The number of fused-ring (bicyclic) bond motifs is 1. The highest BCUT2D eigenvalue weighted by Gasteiger charge is 2.34. The highest BCUT2D eigenvalue weighted by molar-refractivity contribution is 7.07. The fourth-order valence-electron chi connectivity index (χ4n) is 3.86. The summed E-state index contributed by atoms with van der Waals surface area (Å²) < 4.78 is 12.6. The number of ether oxygens (including phenoxy) is 2. The number of para-hydroxylation sites is 1. The zero-order valence-corrected chi connectivity index (χ0v) is 19.5. The quantitative estimate of drug-likeness (QED) is 0.305. The van der Waals surface area contributed by atoms with Gasteiger partial charge in [0.25, 0.3) is 11.2 Å². The van der Waals surface area contributed by atoms with Crippen LogP contribution in [0.3, 0.4) is 0 Å². The predicted octanol–water partition coefficient (Wildman–Crippen LogP) is 2.72. The number of nitrogens with zero attached hydrogens (tertiary/aromatic N) is 3. The Labute approximate surface area is 198 Å². The minimum Gasteiger partial charge on any atom is -0.496 e. The van der Waals surface area contributed by atoms with E-state index in [4.69, 9.17) is 9.47 Å². The van der Waals surface area contributed by atoms with E-state index < -0.39 is 16.9 Å². The van der Waals surface area contributed by atoms with Crippen LogP contribution in [-0.2, 0) is 9.53 Å². The molecule has 0 saturated carbocycles. The Morgan fingerprint density at radius 2 is 2.03 bits per heavy atom. The molecule has 2 aromatic carbocycles. The molecule has 10 heteroatoms. The van der Waals surface area contributed by atoms with Crippen molar-refractivity contribution in [3.05, 3.63) is 101 Å². The second-order valence-electron chi connectivity index (χ2n) is 7.40. The van der Waals surface area contributed by atoms with Crippen molar-refractivity contribution >= 4 is 29.1 Å². The van der Waals surface area contributed by atoms with Gasteiger partial charge in [-0.05, 0) is 31.6 Å². The van der Waals surface area contributed by atoms with Crippen LogP contribution in [0.1, 0.15) is 31.0 Å². The Morgan fingerprint density at radius 1 is 1.26 bits per heavy atom. The lowest BCUT2D eigenvalue weighted by molar-refractivity contribution is -0.384. The lowest BCUT2D eigenvalue weighted by Crippen LogP contribution is -2.40. The lowest BCUT2D eigenvalue weighted by atomic mass is 9.95. The lowest BCUT2D eigenvalue weighted by Gasteiger charge is -2.25. The number of nitro groups is 1. The second-order valence-corrected chi connectivity index (χ2v) is 8.41. The van der Waals surface area contributed by atoms with Gasteiger partial charge in [-0.2, -0.15) is 0 Å². The SMILES string of the molecule is CCOC(=O)C1=C(C)N=c2s/c(=C/c3cccc([N+](=O)[O-])c3)c(=O)n2[C@@H]1c1ccccc1OC. The number of carbonyl (C=O) groups is 1. The zero-order chi connectivity index (χ0) is 24.4. The van der Waals surface area contributed by atoms with Gasteiger partial charge >= 0.3 is 5.97 Å². The summed E-state index contributed by atoms with van der Waals surface area (Å²) in [6, 6.07) is 12.4. The maximum atomic E-state index is 13.6. The molecule has 0 spiro atoms. The van der Waals surface area contributed by atoms with Crippen molar-refractivity contribution in [3.63, 3.8) is 0 Å². The van der Waals surface area contributed by atoms with Crippen LogP contribution in [-0.4, -0.2) is 29.2 Å². The predicted molar refractivity (Wildman–Crippen MR) is 126 cm³/mol. The number of benzene rings is 2. The van der Waals surface area contributed by atoms with E-state index in [0.29, 0.717) is 31.9 Å². The summed E-state index contributed by atoms with van der Waals surface area (Å²) in [5, 5.41) is 11.1. The van der Waals surface area contributed by atoms with Crippen LogP contribution in [0.25, 0.3) is 6.08 Å². The summed E-state index contributed by atoms with van der Waals surface area (Å²) in [6.45, 7) is 3.58. The van der Waals surface area contributed by atoms with E-state index in [9.17, 15) is 19.7 Å². The Kier molecular flexibility index (Phi) is 6.42. The molecule has 1 atom stereocenters. The molecule has 0 aliphatic carbocycles. The number of aromatic nitrogens is 1. The third-order valence-electron chi connectivity index (χ3n) is 5.33. The van der Waals surface area contributed by atoms with E-state index >= 15 is 0 Å². The molecule has 0 N–H and O–H groups in total. The van der Waals surface area contributed by atoms with Crippen LogP contribution < -0.4 is 19.6 Å². The number of non-ortho nitro benzene ring substituents is 1. The average Bonchev–Trinajstić information content (AvgIpc) is 3.12. The van der Waals surface area contributed by atoms with Gasteiger partial charge in [0.1, 0.15) is 11.8 Å². The third-order valence-corrected chi connectivity index (χ3v) is 6.31. The van der Waals surface area contributed by atoms with Gasteiger partial charge in [-0.1, -0.05) is 41.7 Å². The number of methoxy groups -OCH3 is 1. The van der Waals surface area contributed by atoms with Crippen molar-refractivity contribution in [1.82, 2.24) is 4.57 Å². The molecule has 9 nitrogen and oxygen atoms in total. The molecule has 1 aromatic heterocycles. The number of hydrogen-bond donors (Lipinski definition) is 0. The van der Waals surface area contributed by atoms with Gasteiger partial charge in [-0.25, -0.2) is 9.79 Å². The highest BCUT2D eigenvalue weighted by atomic mass is 32.1. The molecule has 3 aromatic rings. The molecule has 4 rings (SSSR count). The van der Waals surface area contributed by atoms with Crippen molar-refractivity contribution in [2.24, 2.45) is 4.99 Å². The molecule has 1 aliphatic heterocycles. The van der Waals surface area contributed by atoms with Crippen LogP contribution in [0.15, 0.2) is 69.6 Å². The van der Waals surface area contributed by atoms with Gasteiger partial charge < -0.3 is 9.47 Å². The molecule has 0 fully saturated rings. The van der Waals surface area contributed by atoms with Crippen molar-refractivity contribution in [1.29, 1.82) is 0 Å². The van der Waals surface area contributed by atoms with E-state index in [2.05, 4.69) is 4.99 Å². The molecule has 174 valence electrons. The van der Waals surface area contributed by atoms with Crippen LogP contribution in [0.4, 0.5) is 5.69 Å². The standard InChI is InChI=1S/C24H21N3O6S/c1-4-33-23(29)20-14(2)25-24-26(21(20)17-10-5-6-11-18(17)32-3)22(28)19(34-24)13-15-8-7-9-16(12-15)27(30)31/h5-13,21H,4H2,1-3H3/b19-13+/t21-/m1/s1. The second kappa shape index (κ2) is 9.44. The molecule has 2 heterocycles. The fraction of sp³-hybridized carbons (Fsp3) is 0.208. The zero-order valence-electron chi connectivity index (χ0n) is 18.7. The number of thiazole rings is 1. The van der Waals surface area contributed by atoms with Gasteiger partial charge in [0.05, 0.1) is 34.4 Å². The highest BCUT2D eigenvalue weighted by Crippen LogP contribution is 2.35. The molecule has 0 amide bonds. The summed E-state index contributed by atoms with van der Waals surface area (Å²) >= 11 is 1.15. The average molecular weight is 480 g/mol. The number of nitro benzene ring substituents is 1. The third kappa shape index (κ3) is 4.15. The number of hydrogen-bond acceptors (Lipinski definition) is 8. The molecule has 0 radical (unpaired) electrons. The normalized spacial score (nSPS) is 15.5. The van der Waals surface area contributed by atoms with Crippen LogP contribution in [0, 0.1) is 10.1 Å². The number of allylic oxidation sites excluding steroid dienone is 1.